The highest BCUT2D eigenvalue weighted by molar-refractivity contribution is 6.04. The first-order valence-electron chi connectivity index (χ1n) is 10.8. The average Bonchev–Trinajstić information content (AvgIpc) is 2.78. The van der Waals surface area contributed by atoms with Gasteiger partial charge >= 0.3 is 0 Å². The summed E-state index contributed by atoms with van der Waals surface area (Å²) in [5.74, 6) is 1.39. The van der Waals surface area contributed by atoms with Gasteiger partial charge in [-0.1, -0.05) is 20.8 Å². The molecule has 1 aliphatic rings. The fraction of sp³-hybridized carbons (Fsp3) is 0.440. The van der Waals surface area contributed by atoms with Crippen molar-refractivity contribution < 1.29 is 14.3 Å². The van der Waals surface area contributed by atoms with Gasteiger partial charge in [0.05, 0.1) is 7.11 Å². The fourth-order valence-electron chi connectivity index (χ4n) is 3.69. The molecule has 3 rings (SSSR count). The first kappa shape index (κ1) is 22.7. The van der Waals surface area contributed by atoms with Crippen molar-refractivity contribution in [3.63, 3.8) is 0 Å². The molecule has 2 amide bonds. The molecule has 1 heterocycles. The van der Waals surface area contributed by atoms with Crippen molar-refractivity contribution in [2.24, 2.45) is 11.3 Å². The molecule has 2 N–H and O–H groups in total. The Morgan fingerprint density at radius 3 is 2.10 bits per heavy atom. The van der Waals surface area contributed by atoms with Crippen molar-refractivity contribution in [3.8, 4) is 5.75 Å². The number of benzene rings is 2. The fourth-order valence-corrected chi connectivity index (χ4v) is 3.69. The number of hydrogen-bond acceptors (Lipinski definition) is 4. The number of nitrogens with zero attached hydrogens (tertiary/aromatic N) is 1. The largest absolute Gasteiger partial charge is 0.497 e. The molecule has 31 heavy (non-hydrogen) atoms. The number of rotatable bonds is 6. The maximum atomic E-state index is 12.4. The Hall–Kier alpha value is -3.02. The lowest BCUT2D eigenvalue weighted by Crippen LogP contribution is -2.44. The molecule has 0 bridgehead atoms. The number of methoxy groups -OCH3 is 1. The number of ether oxygens (including phenoxy) is 1. The molecule has 1 saturated heterocycles. The van der Waals surface area contributed by atoms with E-state index in [1.54, 1.807) is 7.11 Å². The zero-order valence-electron chi connectivity index (χ0n) is 18.9. The number of anilines is 2. The standard InChI is InChI=1S/C25H33N3O3/c1-25(2,3)24(30)28-15-13-18(14-16-28)17-26-20-7-5-19(6-8-20)23(29)27-21-9-11-22(31-4)12-10-21/h5-12,18,26H,13-17H2,1-4H3,(H,27,29). The van der Waals surface area contributed by atoms with E-state index in [2.05, 4.69) is 10.6 Å². The summed E-state index contributed by atoms with van der Waals surface area (Å²) in [6.07, 6.45) is 2.02. The zero-order valence-corrected chi connectivity index (χ0v) is 18.9. The topological polar surface area (TPSA) is 70.7 Å². The quantitative estimate of drug-likeness (QED) is 0.710. The normalized spacial score (nSPS) is 14.8. The van der Waals surface area contributed by atoms with Gasteiger partial charge in [0.25, 0.3) is 5.91 Å². The van der Waals surface area contributed by atoms with Crippen LogP contribution in [0.2, 0.25) is 0 Å². The number of carbonyl (C=O) groups excluding carboxylic acids is 2. The van der Waals surface area contributed by atoms with E-state index in [-0.39, 0.29) is 17.2 Å². The van der Waals surface area contributed by atoms with Crippen molar-refractivity contribution in [2.75, 3.05) is 37.4 Å². The second-order valence-corrected chi connectivity index (χ2v) is 9.13. The Morgan fingerprint density at radius 2 is 1.55 bits per heavy atom. The molecule has 0 aliphatic carbocycles. The van der Waals surface area contributed by atoms with Crippen LogP contribution in [0.15, 0.2) is 48.5 Å². The Bertz CT molecular complexity index is 878. The van der Waals surface area contributed by atoms with Crippen molar-refractivity contribution in [2.45, 2.75) is 33.6 Å². The highest BCUT2D eigenvalue weighted by Gasteiger charge is 2.30. The minimum Gasteiger partial charge on any atom is -0.497 e. The van der Waals surface area contributed by atoms with E-state index in [1.165, 1.54) is 0 Å². The molecule has 0 radical (unpaired) electrons. The lowest BCUT2D eigenvalue weighted by molar-refractivity contribution is -0.140. The van der Waals surface area contributed by atoms with Crippen LogP contribution in [0, 0.1) is 11.3 Å². The molecule has 2 aromatic carbocycles. The molecule has 0 atom stereocenters. The summed E-state index contributed by atoms with van der Waals surface area (Å²) < 4.78 is 5.13. The van der Waals surface area contributed by atoms with E-state index in [0.717, 1.165) is 49.6 Å². The molecule has 0 unspecified atom stereocenters. The van der Waals surface area contributed by atoms with Gasteiger partial charge < -0.3 is 20.3 Å². The highest BCUT2D eigenvalue weighted by atomic mass is 16.5. The van der Waals surface area contributed by atoms with Crippen molar-refractivity contribution >= 4 is 23.2 Å². The van der Waals surface area contributed by atoms with Crippen LogP contribution in [0.25, 0.3) is 0 Å². The number of amides is 2. The van der Waals surface area contributed by atoms with E-state index in [1.807, 2.05) is 74.2 Å². The van der Waals surface area contributed by atoms with E-state index >= 15 is 0 Å². The van der Waals surface area contributed by atoms with Gasteiger partial charge in [-0.15, -0.1) is 0 Å². The Morgan fingerprint density at radius 1 is 0.968 bits per heavy atom. The summed E-state index contributed by atoms with van der Waals surface area (Å²) in [6, 6.07) is 14.8. The minimum atomic E-state index is -0.313. The minimum absolute atomic E-state index is 0.146. The Balaban J connectivity index is 1.45. The van der Waals surface area contributed by atoms with Crippen molar-refractivity contribution in [1.29, 1.82) is 0 Å². The summed E-state index contributed by atoms with van der Waals surface area (Å²) in [5, 5.41) is 6.36. The summed E-state index contributed by atoms with van der Waals surface area (Å²) in [7, 11) is 1.61. The number of hydrogen-bond donors (Lipinski definition) is 2. The number of carbonyl (C=O) groups is 2. The van der Waals surface area contributed by atoms with Gasteiger partial charge in [0.2, 0.25) is 5.91 Å². The molecule has 1 fully saturated rings. The lowest BCUT2D eigenvalue weighted by Gasteiger charge is -2.35. The molecule has 166 valence electrons. The van der Waals surface area contributed by atoms with Gasteiger partial charge in [-0.2, -0.15) is 0 Å². The van der Waals surface area contributed by atoms with Crippen LogP contribution in [0.5, 0.6) is 5.75 Å². The van der Waals surface area contributed by atoms with Crippen LogP contribution < -0.4 is 15.4 Å². The SMILES string of the molecule is COc1ccc(NC(=O)c2ccc(NCC3CCN(C(=O)C(C)(C)C)CC3)cc2)cc1. The third kappa shape index (κ3) is 6.23. The number of likely N-dealkylation sites (tertiary alicyclic amines) is 1. The van der Waals surface area contributed by atoms with Crippen LogP contribution in [0.3, 0.4) is 0 Å². The van der Waals surface area contributed by atoms with E-state index in [9.17, 15) is 9.59 Å². The van der Waals surface area contributed by atoms with Gasteiger partial charge in [0, 0.05) is 42.0 Å². The van der Waals surface area contributed by atoms with Crippen molar-refractivity contribution in [3.05, 3.63) is 54.1 Å². The third-order valence-electron chi connectivity index (χ3n) is 5.63. The molecule has 0 aromatic heterocycles. The van der Waals surface area contributed by atoms with Crippen LogP contribution in [0.1, 0.15) is 44.0 Å². The maximum Gasteiger partial charge on any atom is 0.255 e. The summed E-state index contributed by atoms with van der Waals surface area (Å²) in [6.45, 7) is 8.45. The highest BCUT2D eigenvalue weighted by Crippen LogP contribution is 2.24. The predicted octanol–water partition coefficient (Wildman–Crippen LogP) is 4.64. The maximum absolute atomic E-state index is 12.4. The molecule has 0 spiro atoms. The monoisotopic (exact) mass is 423 g/mol. The van der Waals surface area contributed by atoms with Gasteiger partial charge in [-0.25, -0.2) is 0 Å². The molecular formula is C25H33N3O3. The van der Waals surface area contributed by atoms with Crippen LogP contribution >= 0.6 is 0 Å². The van der Waals surface area contributed by atoms with Crippen molar-refractivity contribution in [1.82, 2.24) is 4.90 Å². The number of nitrogens with one attached hydrogen (secondary N) is 2. The van der Waals surface area contributed by atoms with Gasteiger partial charge in [-0.05, 0) is 67.3 Å². The predicted molar refractivity (Wildman–Crippen MR) is 125 cm³/mol. The molecule has 0 saturated carbocycles. The molecule has 6 heteroatoms. The smallest absolute Gasteiger partial charge is 0.255 e. The molecule has 6 nitrogen and oxygen atoms in total. The lowest BCUT2D eigenvalue weighted by atomic mass is 9.91. The summed E-state index contributed by atoms with van der Waals surface area (Å²) in [5.41, 5.74) is 2.01. The number of piperidine rings is 1. The first-order valence-corrected chi connectivity index (χ1v) is 10.8. The second kappa shape index (κ2) is 9.86. The summed E-state index contributed by atoms with van der Waals surface area (Å²) >= 11 is 0. The molecule has 1 aliphatic heterocycles. The average molecular weight is 424 g/mol. The first-order chi connectivity index (χ1) is 14.8. The van der Waals surface area contributed by atoms with Crippen LogP contribution in [0.4, 0.5) is 11.4 Å². The van der Waals surface area contributed by atoms with Gasteiger partial charge in [0.1, 0.15) is 5.75 Å². The van der Waals surface area contributed by atoms with E-state index < -0.39 is 0 Å². The third-order valence-corrected chi connectivity index (χ3v) is 5.63. The Kier molecular flexibility index (Phi) is 7.21. The molecular weight excluding hydrogens is 390 g/mol. The van der Waals surface area contributed by atoms with Crippen LogP contribution in [-0.4, -0.2) is 43.5 Å². The summed E-state index contributed by atoms with van der Waals surface area (Å²) in [4.78, 5) is 26.8. The van der Waals surface area contributed by atoms with E-state index in [0.29, 0.717) is 11.5 Å². The zero-order chi connectivity index (χ0) is 22.4. The van der Waals surface area contributed by atoms with Gasteiger partial charge in [0.15, 0.2) is 0 Å². The van der Waals surface area contributed by atoms with E-state index in [4.69, 9.17) is 4.74 Å². The Labute approximate surface area is 185 Å². The van der Waals surface area contributed by atoms with Crippen LogP contribution in [-0.2, 0) is 4.79 Å². The molecule has 2 aromatic rings. The second-order valence-electron chi connectivity index (χ2n) is 9.13. The van der Waals surface area contributed by atoms with Gasteiger partial charge in [-0.3, -0.25) is 9.59 Å².